The van der Waals surface area contributed by atoms with E-state index < -0.39 is 28.4 Å². The van der Waals surface area contributed by atoms with E-state index in [-0.39, 0.29) is 41.7 Å². The first-order valence-electron chi connectivity index (χ1n) is 9.77. The summed E-state index contributed by atoms with van der Waals surface area (Å²) in [5.41, 5.74) is 3.53. The highest BCUT2D eigenvalue weighted by Crippen LogP contribution is 2.32. The molecule has 3 heterocycles. The van der Waals surface area contributed by atoms with Crippen LogP contribution in [0.2, 0.25) is 0 Å². The van der Waals surface area contributed by atoms with E-state index in [1.807, 2.05) is 0 Å². The number of nitrogens with zero attached hydrogens (tertiary/aromatic N) is 4. The van der Waals surface area contributed by atoms with Gasteiger partial charge in [-0.3, -0.25) is 19.4 Å². The summed E-state index contributed by atoms with van der Waals surface area (Å²) in [4.78, 5) is 31.2. The van der Waals surface area contributed by atoms with Crippen LogP contribution >= 0.6 is 0 Å². The van der Waals surface area contributed by atoms with Gasteiger partial charge in [0.15, 0.2) is 17.2 Å². The molecule has 33 heavy (non-hydrogen) atoms. The number of anilines is 3. The molecule has 1 fully saturated rings. The van der Waals surface area contributed by atoms with Crippen molar-refractivity contribution in [3.05, 3.63) is 74.3 Å². The minimum atomic E-state index is -1.21. The number of hydrogen-bond donors (Lipinski definition) is 2. The molecule has 3 aromatic rings. The molecule has 0 amide bonds. The Bertz CT molecular complexity index is 1440. The maximum absolute atomic E-state index is 14.0. The molecular weight excluding hydrogens is 434 g/mol. The van der Waals surface area contributed by atoms with E-state index in [1.165, 1.54) is 17.7 Å². The molecule has 0 radical (unpaired) electrons. The van der Waals surface area contributed by atoms with E-state index in [0.717, 1.165) is 21.7 Å². The first kappa shape index (κ1) is 22.2. The van der Waals surface area contributed by atoms with Crippen molar-refractivity contribution in [1.29, 1.82) is 0 Å². The smallest absolute Gasteiger partial charge is 0.337 e. The number of halogens is 2. The molecule has 170 valence electrons. The molecule has 1 aromatic carbocycles. The third-order valence-electron chi connectivity index (χ3n) is 5.53. The average Bonchev–Trinajstić information content (AvgIpc) is 2.72. The molecule has 9 nitrogen and oxygen atoms in total. The molecule has 0 atom stereocenters. The third kappa shape index (κ3) is 3.36. The van der Waals surface area contributed by atoms with Crippen LogP contribution in [0.4, 0.5) is 25.8 Å². The molecule has 11 heteroatoms. The van der Waals surface area contributed by atoms with Crippen LogP contribution in [-0.4, -0.2) is 27.3 Å². The molecule has 0 aliphatic carbocycles. The number of aromatic nitrogens is 3. The zero-order valence-electron chi connectivity index (χ0n) is 17.8. The van der Waals surface area contributed by atoms with Crippen LogP contribution in [0.15, 0.2) is 40.2 Å². The van der Waals surface area contributed by atoms with E-state index >= 15 is 0 Å². The predicted molar refractivity (Wildman–Crippen MR) is 118 cm³/mol. The predicted octanol–water partition coefficient (Wildman–Crippen LogP) is 1.24. The summed E-state index contributed by atoms with van der Waals surface area (Å²) in [6.45, 7) is 3.29. The Hall–Kier alpha value is -4.01. The Labute approximate surface area is 186 Å². The van der Waals surface area contributed by atoms with Gasteiger partial charge < -0.3 is 10.5 Å². The molecule has 0 unspecified atom stereocenters. The number of benzene rings is 1. The zero-order chi connectivity index (χ0) is 24.1. The minimum Gasteiger partial charge on any atom is -0.397 e. The van der Waals surface area contributed by atoms with Crippen LogP contribution in [0.25, 0.3) is 5.69 Å². The van der Waals surface area contributed by atoms with Crippen molar-refractivity contribution in [3.63, 3.8) is 0 Å². The monoisotopic (exact) mass is 454 g/mol. The molecule has 0 saturated carbocycles. The number of hydrazine groups is 1. The first-order valence-corrected chi connectivity index (χ1v) is 9.77. The topological polar surface area (TPSA) is 121 Å². The number of pyridine rings is 1. The highest BCUT2D eigenvalue weighted by molar-refractivity contribution is 5.74. The van der Waals surface area contributed by atoms with Gasteiger partial charge in [0.25, 0.3) is 5.56 Å². The van der Waals surface area contributed by atoms with Crippen molar-refractivity contribution in [2.24, 2.45) is 5.84 Å². The minimum absolute atomic E-state index is 0.0336. The standard InChI is InChI=1S/C22H20F2N6O3/c1-4-22(10-33-11-22)29-13(3)19(30(26)18-7-16(24)15(23)6-17(18)25)20(31)28(21(29)32)14-5-12(2)8-27-9-14/h1,5-9H,10-11,25-26H2,2-3H3. The van der Waals surface area contributed by atoms with E-state index in [1.54, 1.807) is 19.2 Å². The summed E-state index contributed by atoms with van der Waals surface area (Å²) < 4.78 is 35.0. The highest BCUT2D eigenvalue weighted by atomic mass is 19.2. The molecule has 4 N–H and O–H groups in total. The van der Waals surface area contributed by atoms with Crippen molar-refractivity contribution in [3.8, 4) is 18.0 Å². The Morgan fingerprint density at radius 2 is 1.85 bits per heavy atom. The van der Waals surface area contributed by atoms with Gasteiger partial charge in [-0.05, 0) is 25.5 Å². The molecule has 0 bridgehead atoms. The molecule has 1 aliphatic rings. The normalized spacial score (nSPS) is 14.4. The maximum Gasteiger partial charge on any atom is 0.337 e. The molecule has 0 spiro atoms. The Kier molecular flexibility index (Phi) is 5.27. The molecular formula is C22H20F2N6O3. The summed E-state index contributed by atoms with van der Waals surface area (Å²) in [7, 11) is 0. The van der Waals surface area contributed by atoms with E-state index in [0.29, 0.717) is 5.56 Å². The van der Waals surface area contributed by atoms with Crippen LogP contribution in [0.3, 0.4) is 0 Å². The summed E-state index contributed by atoms with van der Waals surface area (Å²) >= 11 is 0. The Morgan fingerprint density at radius 3 is 2.42 bits per heavy atom. The van der Waals surface area contributed by atoms with Gasteiger partial charge in [0.05, 0.1) is 42.2 Å². The molecule has 4 rings (SSSR count). The van der Waals surface area contributed by atoms with Crippen LogP contribution in [0, 0.1) is 37.8 Å². The molecule has 2 aromatic heterocycles. The zero-order valence-corrected chi connectivity index (χ0v) is 17.8. The lowest BCUT2D eigenvalue weighted by molar-refractivity contribution is -0.0692. The van der Waals surface area contributed by atoms with Crippen LogP contribution < -0.4 is 27.8 Å². The largest absolute Gasteiger partial charge is 0.397 e. The van der Waals surface area contributed by atoms with Gasteiger partial charge in [0.1, 0.15) is 5.69 Å². The second-order valence-corrected chi connectivity index (χ2v) is 7.78. The lowest BCUT2D eigenvalue weighted by Gasteiger charge is -2.40. The number of rotatable bonds is 4. The summed E-state index contributed by atoms with van der Waals surface area (Å²) in [5, 5.41) is 0.814. The van der Waals surface area contributed by atoms with E-state index in [9.17, 15) is 18.4 Å². The SMILES string of the molecule is C#CC1(n2c(C)c(N(N)c3cc(F)c(F)cc3N)c(=O)n(-c3cncc(C)c3)c2=O)COC1. The first-order chi connectivity index (χ1) is 15.6. The van der Waals surface area contributed by atoms with Crippen molar-refractivity contribution >= 4 is 17.1 Å². The van der Waals surface area contributed by atoms with Gasteiger partial charge in [-0.15, -0.1) is 6.42 Å². The van der Waals surface area contributed by atoms with Crippen molar-refractivity contribution < 1.29 is 13.5 Å². The van der Waals surface area contributed by atoms with Crippen LogP contribution in [-0.2, 0) is 10.3 Å². The lowest BCUT2D eigenvalue weighted by atomic mass is 9.97. The fourth-order valence-electron chi connectivity index (χ4n) is 3.82. The second kappa shape index (κ2) is 7.84. The summed E-state index contributed by atoms with van der Waals surface area (Å²) in [5.74, 6) is 6.40. The number of hydrogen-bond acceptors (Lipinski definition) is 7. The quantitative estimate of drug-likeness (QED) is 0.263. The fraction of sp³-hybridized carbons (Fsp3) is 0.227. The average molecular weight is 454 g/mol. The maximum atomic E-state index is 14.0. The van der Waals surface area contributed by atoms with Crippen molar-refractivity contribution in [1.82, 2.24) is 14.1 Å². The van der Waals surface area contributed by atoms with Gasteiger partial charge in [-0.1, -0.05) is 5.92 Å². The van der Waals surface area contributed by atoms with Gasteiger partial charge >= 0.3 is 5.69 Å². The van der Waals surface area contributed by atoms with Gasteiger partial charge in [0, 0.05) is 18.3 Å². The van der Waals surface area contributed by atoms with Gasteiger partial charge in [-0.25, -0.2) is 24.0 Å². The Balaban J connectivity index is 2.09. The van der Waals surface area contributed by atoms with Gasteiger partial charge in [-0.2, -0.15) is 0 Å². The number of terminal acetylenes is 1. The van der Waals surface area contributed by atoms with Crippen molar-refractivity contribution in [2.45, 2.75) is 19.4 Å². The van der Waals surface area contributed by atoms with Crippen LogP contribution in [0.5, 0.6) is 0 Å². The van der Waals surface area contributed by atoms with Gasteiger partial charge in [0.2, 0.25) is 0 Å². The summed E-state index contributed by atoms with van der Waals surface area (Å²) in [6.07, 6.45) is 8.64. The molecule has 1 aliphatic heterocycles. The number of aryl methyl sites for hydroxylation is 1. The number of ether oxygens (including phenoxy) is 1. The molecule has 1 saturated heterocycles. The van der Waals surface area contributed by atoms with E-state index in [4.69, 9.17) is 22.7 Å². The third-order valence-corrected chi connectivity index (χ3v) is 5.53. The van der Waals surface area contributed by atoms with E-state index in [2.05, 4.69) is 10.9 Å². The second-order valence-electron chi connectivity index (χ2n) is 7.78. The lowest BCUT2D eigenvalue weighted by Crippen LogP contribution is -2.59. The summed E-state index contributed by atoms with van der Waals surface area (Å²) in [6, 6.07) is 3.11. The number of nitrogens with two attached hydrogens (primary N) is 2. The fourth-order valence-corrected chi connectivity index (χ4v) is 3.82. The highest BCUT2D eigenvalue weighted by Gasteiger charge is 2.42. The van der Waals surface area contributed by atoms with Crippen molar-refractivity contribution in [2.75, 3.05) is 24.0 Å². The Morgan fingerprint density at radius 1 is 1.18 bits per heavy atom. The van der Waals surface area contributed by atoms with Crippen LogP contribution in [0.1, 0.15) is 11.3 Å². The number of nitrogen functional groups attached to an aromatic ring is 1.